The fourth-order valence-electron chi connectivity index (χ4n) is 2.68. The minimum absolute atomic E-state index is 0.0414. The number of halogens is 1. The van der Waals surface area contributed by atoms with Crippen LogP contribution in [0.25, 0.3) is 0 Å². The van der Waals surface area contributed by atoms with E-state index in [0.29, 0.717) is 12.1 Å². The summed E-state index contributed by atoms with van der Waals surface area (Å²) in [6.45, 7) is 4.70. The Morgan fingerprint density at radius 1 is 1.04 bits per heavy atom. The molecular formula is C20H25FN2O3S. The van der Waals surface area contributed by atoms with Gasteiger partial charge in [-0.1, -0.05) is 24.3 Å². The molecule has 0 aliphatic heterocycles. The van der Waals surface area contributed by atoms with Crippen molar-refractivity contribution in [3.63, 3.8) is 0 Å². The van der Waals surface area contributed by atoms with E-state index in [-0.39, 0.29) is 18.0 Å². The smallest absolute Gasteiger partial charge is 0.229 e. The maximum atomic E-state index is 13.9. The standard InChI is InChI=1S/C20H25FN2O3S/c1-14-6-7-16(11-15(14)2)5-4-10-22-20(24)13-17-8-9-19(18(21)12-17)23-27(3,25)26/h6-9,11-12,23H,4-5,10,13H2,1-3H3,(H,22,24). The first kappa shape index (κ1) is 20.9. The van der Waals surface area contributed by atoms with Crippen molar-refractivity contribution in [2.24, 2.45) is 0 Å². The summed E-state index contributed by atoms with van der Waals surface area (Å²) in [7, 11) is -3.55. The highest BCUT2D eigenvalue weighted by Crippen LogP contribution is 2.17. The number of rotatable bonds is 8. The van der Waals surface area contributed by atoms with Crippen molar-refractivity contribution in [2.75, 3.05) is 17.5 Å². The zero-order valence-corrected chi connectivity index (χ0v) is 16.6. The highest BCUT2D eigenvalue weighted by atomic mass is 32.2. The second-order valence-electron chi connectivity index (χ2n) is 6.74. The van der Waals surface area contributed by atoms with Gasteiger partial charge < -0.3 is 5.32 Å². The zero-order valence-electron chi connectivity index (χ0n) is 15.8. The molecule has 0 saturated carbocycles. The van der Waals surface area contributed by atoms with Gasteiger partial charge in [-0.15, -0.1) is 0 Å². The van der Waals surface area contributed by atoms with E-state index in [1.54, 1.807) is 0 Å². The normalized spacial score (nSPS) is 11.3. The molecule has 0 saturated heterocycles. The lowest BCUT2D eigenvalue weighted by atomic mass is 10.0. The summed E-state index contributed by atoms with van der Waals surface area (Å²) in [5, 5.41) is 2.83. The average molecular weight is 392 g/mol. The Labute approximate surface area is 160 Å². The fraction of sp³-hybridized carbons (Fsp3) is 0.350. The maximum Gasteiger partial charge on any atom is 0.229 e. The van der Waals surface area contributed by atoms with Crippen LogP contribution in [0.15, 0.2) is 36.4 Å². The lowest BCUT2D eigenvalue weighted by Crippen LogP contribution is -2.26. The van der Waals surface area contributed by atoms with Crippen molar-refractivity contribution < 1.29 is 17.6 Å². The number of hydrogen-bond acceptors (Lipinski definition) is 3. The molecule has 146 valence electrons. The molecule has 2 aromatic rings. The molecule has 0 heterocycles. The number of sulfonamides is 1. The van der Waals surface area contributed by atoms with Crippen LogP contribution in [0.1, 0.15) is 28.7 Å². The second kappa shape index (κ2) is 8.99. The summed E-state index contributed by atoms with van der Waals surface area (Å²) >= 11 is 0. The lowest BCUT2D eigenvalue weighted by molar-refractivity contribution is -0.120. The van der Waals surface area contributed by atoms with Crippen LogP contribution in [-0.2, 0) is 27.7 Å². The largest absolute Gasteiger partial charge is 0.356 e. The summed E-state index contributed by atoms with van der Waals surface area (Å²) in [4.78, 5) is 12.0. The molecule has 0 aliphatic carbocycles. The van der Waals surface area contributed by atoms with Gasteiger partial charge in [0.2, 0.25) is 15.9 Å². The van der Waals surface area contributed by atoms with Crippen LogP contribution in [0.5, 0.6) is 0 Å². The predicted molar refractivity (Wildman–Crippen MR) is 106 cm³/mol. The highest BCUT2D eigenvalue weighted by molar-refractivity contribution is 7.92. The van der Waals surface area contributed by atoms with Crippen LogP contribution in [-0.4, -0.2) is 27.1 Å². The molecule has 0 aromatic heterocycles. The molecule has 0 radical (unpaired) electrons. The minimum atomic E-state index is -3.55. The number of amides is 1. The van der Waals surface area contributed by atoms with Gasteiger partial charge >= 0.3 is 0 Å². The van der Waals surface area contributed by atoms with Gasteiger partial charge in [0.15, 0.2) is 0 Å². The van der Waals surface area contributed by atoms with Crippen molar-refractivity contribution in [3.8, 4) is 0 Å². The molecule has 0 aliphatic rings. The Hall–Kier alpha value is -2.41. The van der Waals surface area contributed by atoms with Gasteiger partial charge in [0.25, 0.3) is 0 Å². The summed E-state index contributed by atoms with van der Waals surface area (Å²) in [5.74, 6) is -0.904. The highest BCUT2D eigenvalue weighted by Gasteiger charge is 2.10. The van der Waals surface area contributed by atoms with Gasteiger partial charge in [-0.25, -0.2) is 12.8 Å². The van der Waals surface area contributed by atoms with Crippen molar-refractivity contribution >= 4 is 21.6 Å². The maximum absolute atomic E-state index is 13.9. The number of anilines is 1. The Kier molecular flexibility index (Phi) is 6.96. The molecule has 0 unspecified atom stereocenters. The molecule has 2 rings (SSSR count). The van der Waals surface area contributed by atoms with Crippen molar-refractivity contribution in [1.29, 1.82) is 0 Å². The van der Waals surface area contributed by atoms with Gasteiger partial charge in [-0.2, -0.15) is 0 Å². The Balaban J connectivity index is 1.80. The predicted octanol–water partition coefficient (Wildman–Crippen LogP) is 3.11. The third-order valence-corrected chi connectivity index (χ3v) is 4.82. The van der Waals surface area contributed by atoms with Gasteiger partial charge in [0, 0.05) is 6.54 Å². The van der Waals surface area contributed by atoms with Gasteiger partial charge in [-0.05, 0) is 61.1 Å². The molecule has 1 amide bonds. The molecule has 0 fully saturated rings. The molecule has 7 heteroatoms. The SMILES string of the molecule is Cc1ccc(CCCNC(=O)Cc2ccc(NS(C)(=O)=O)c(F)c2)cc1C. The summed E-state index contributed by atoms with van der Waals surface area (Å²) in [6, 6.07) is 10.4. The topological polar surface area (TPSA) is 75.3 Å². The average Bonchev–Trinajstić information content (AvgIpc) is 2.56. The van der Waals surface area contributed by atoms with Crippen molar-refractivity contribution in [2.45, 2.75) is 33.1 Å². The van der Waals surface area contributed by atoms with Gasteiger partial charge in [-0.3, -0.25) is 9.52 Å². The Bertz CT molecular complexity index is 927. The molecular weight excluding hydrogens is 367 g/mol. The summed E-state index contributed by atoms with van der Waals surface area (Å²) in [5.41, 5.74) is 4.11. The molecule has 0 atom stereocenters. The van der Waals surface area contributed by atoms with E-state index in [1.165, 1.54) is 34.9 Å². The number of aryl methyl sites for hydroxylation is 3. The van der Waals surface area contributed by atoms with Crippen LogP contribution >= 0.6 is 0 Å². The van der Waals surface area contributed by atoms with Crippen LogP contribution in [0.2, 0.25) is 0 Å². The molecule has 0 spiro atoms. The number of hydrogen-bond donors (Lipinski definition) is 2. The van der Waals surface area contributed by atoms with Crippen LogP contribution in [0.3, 0.4) is 0 Å². The van der Waals surface area contributed by atoms with Crippen LogP contribution < -0.4 is 10.0 Å². The number of nitrogens with one attached hydrogen (secondary N) is 2. The van der Waals surface area contributed by atoms with E-state index < -0.39 is 15.8 Å². The zero-order chi connectivity index (χ0) is 20.0. The molecule has 2 aromatic carbocycles. The van der Waals surface area contributed by atoms with Gasteiger partial charge in [0.05, 0.1) is 18.4 Å². The van der Waals surface area contributed by atoms with Crippen LogP contribution in [0.4, 0.5) is 10.1 Å². The molecule has 2 N–H and O–H groups in total. The second-order valence-corrected chi connectivity index (χ2v) is 8.49. The first-order valence-corrected chi connectivity index (χ1v) is 10.6. The number of carbonyl (C=O) groups is 1. The Morgan fingerprint density at radius 2 is 1.74 bits per heavy atom. The van der Waals surface area contributed by atoms with E-state index in [0.717, 1.165) is 19.1 Å². The molecule has 0 bridgehead atoms. The minimum Gasteiger partial charge on any atom is -0.356 e. The quantitative estimate of drug-likeness (QED) is 0.678. The van der Waals surface area contributed by atoms with E-state index >= 15 is 0 Å². The van der Waals surface area contributed by atoms with E-state index in [2.05, 4.69) is 42.1 Å². The lowest BCUT2D eigenvalue weighted by Gasteiger charge is -2.09. The van der Waals surface area contributed by atoms with E-state index in [9.17, 15) is 17.6 Å². The number of carbonyl (C=O) groups excluding carboxylic acids is 1. The van der Waals surface area contributed by atoms with E-state index in [4.69, 9.17) is 0 Å². The molecule has 27 heavy (non-hydrogen) atoms. The van der Waals surface area contributed by atoms with Crippen molar-refractivity contribution in [3.05, 3.63) is 64.5 Å². The fourth-order valence-corrected chi connectivity index (χ4v) is 3.24. The summed E-state index contributed by atoms with van der Waals surface area (Å²) < 4.78 is 38.3. The molecule has 5 nitrogen and oxygen atoms in total. The third-order valence-electron chi connectivity index (χ3n) is 4.23. The summed E-state index contributed by atoms with van der Waals surface area (Å²) in [6.07, 6.45) is 2.69. The van der Waals surface area contributed by atoms with Crippen molar-refractivity contribution in [1.82, 2.24) is 5.32 Å². The Morgan fingerprint density at radius 3 is 2.37 bits per heavy atom. The third kappa shape index (κ3) is 7.02. The number of benzene rings is 2. The first-order valence-electron chi connectivity index (χ1n) is 8.73. The first-order chi connectivity index (χ1) is 12.6. The van der Waals surface area contributed by atoms with E-state index in [1.807, 2.05) is 0 Å². The monoisotopic (exact) mass is 392 g/mol. The van der Waals surface area contributed by atoms with Gasteiger partial charge in [0.1, 0.15) is 5.82 Å². The van der Waals surface area contributed by atoms with Crippen LogP contribution in [0, 0.1) is 19.7 Å².